The van der Waals surface area contributed by atoms with Gasteiger partial charge in [-0.2, -0.15) is 5.26 Å². The van der Waals surface area contributed by atoms with Crippen molar-refractivity contribution in [2.24, 2.45) is 22.2 Å². The zero-order chi connectivity index (χ0) is 22.3. The summed E-state index contributed by atoms with van der Waals surface area (Å²) in [6.07, 6.45) is 0.430. The summed E-state index contributed by atoms with van der Waals surface area (Å²) in [6.45, 7) is 14.1. The van der Waals surface area contributed by atoms with Crippen molar-refractivity contribution in [2.75, 3.05) is 6.61 Å². The number of hydrogen-bond acceptors (Lipinski definition) is 5. The van der Waals surface area contributed by atoms with Crippen LogP contribution in [0.4, 0.5) is 8.78 Å². The maximum Gasteiger partial charge on any atom is 0.337 e. The molecule has 29 heavy (non-hydrogen) atoms. The van der Waals surface area contributed by atoms with Crippen LogP contribution < -0.4 is 0 Å². The number of carbonyl (C=O) groups is 1. The summed E-state index contributed by atoms with van der Waals surface area (Å²) in [7, 11) is -2.03. The van der Waals surface area contributed by atoms with Gasteiger partial charge in [0.15, 0.2) is 8.32 Å². The number of nitriles is 1. The van der Waals surface area contributed by atoms with Gasteiger partial charge in [0.25, 0.3) is 5.92 Å². The SMILES string of the molecule is CCOC(=O)[C@H](N=C1C[C@@H]2C[C@@H](C2(C)C)[C@]1(C)O[Si](C)(C)C)C(F)(F)CCC#N. The molecule has 4 atom stereocenters. The van der Waals surface area contributed by atoms with Crippen LogP contribution in [-0.2, 0) is 14.0 Å². The largest absolute Gasteiger partial charge is 0.464 e. The Kier molecular flexibility index (Phi) is 6.66. The van der Waals surface area contributed by atoms with E-state index in [1.165, 1.54) is 0 Å². The van der Waals surface area contributed by atoms with E-state index < -0.39 is 38.3 Å². The molecule has 0 aromatic rings. The lowest BCUT2D eigenvalue weighted by Crippen LogP contribution is -2.68. The molecule has 0 aliphatic heterocycles. The normalized spacial score (nSPS) is 31.0. The molecule has 0 unspecified atom stereocenters. The number of alkyl halides is 2. The van der Waals surface area contributed by atoms with Crippen LogP contribution in [0.25, 0.3) is 0 Å². The zero-order valence-corrected chi connectivity index (χ0v) is 19.6. The smallest absolute Gasteiger partial charge is 0.337 e. The summed E-state index contributed by atoms with van der Waals surface area (Å²) in [5.41, 5.74) is -0.204. The number of esters is 1. The fourth-order valence-electron chi connectivity index (χ4n) is 4.94. The molecule has 0 radical (unpaired) electrons. The molecular formula is C21H34F2N2O3Si. The fraction of sp³-hybridized carbons (Fsp3) is 0.857. The summed E-state index contributed by atoms with van der Waals surface area (Å²) in [5, 5.41) is 8.73. The Bertz CT molecular complexity index is 712. The van der Waals surface area contributed by atoms with Crippen LogP contribution in [-0.4, -0.2) is 44.2 Å². The third-order valence-electron chi connectivity index (χ3n) is 6.43. The van der Waals surface area contributed by atoms with Gasteiger partial charge in [0.1, 0.15) is 0 Å². The minimum absolute atomic E-state index is 0.00449. The van der Waals surface area contributed by atoms with Gasteiger partial charge in [-0.25, -0.2) is 13.6 Å². The fourth-order valence-corrected chi connectivity index (χ4v) is 6.47. The third kappa shape index (κ3) is 4.71. The topological polar surface area (TPSA) is 71.7 Å². The number of rotatable bonds is 8. The average Bonchev–Trinajstić information content (AvgIpc) is 2.56. The Labute approximate surface area is 174 Å². The van der Waals surface area contributed by atoms with Gasteiger partial charge in [-0.3, -0.25) is 4.99 Å². The minimum Gasteiger partial charge on any atom is -0.464 e. The van der Waals surface area contributed by atoms with Gasteiger partial charge in [0, 0.05) is 18.6 Å². The molecule has 0 N–H and O–H groups in total. The Morgan fingerprint density at radius 1 is 1.38 bits per heavy atom. The van der Waals surface area contributed by atoms with Gasteiger partial charge in [-0.15, -0.1) is 0 Å². The molecule has 0 aromatic heterocycles. The van der Waals surface area contributed by atoms with Crippen LogP contribution >= 0.6 is 0 Å². The van der Waals surface area contributed by atoms with E-state index in [2.05, 4.69) is 38.5 Å². The van der Waals surface area contributed by atoms with Gasteiger partial charge >= 0.3 is 5.97 Å². The first-order valence-corrected chi connectivity index (χ1v) is 13.8. The van der Waals surface area contributed by atoms with Crippen LogP contribution in [0.5, 0.6) is 0 Å². The molecule has 8 heteroatoms. The monoisotopic (exact) mass is 428 g/mol. The van der Waals surface area contributed by atoms with Crippen LogP contribution in [0.1, 0.15) is 53.4 Å². The first-order valence-electron chi connectivity index (χ1n) is 10.4. The molecule has 3 aliphatic rings. The lowest BCUT2D eigenvalue weighted by Gasteiger charge is -2.65. The molecular weight excluding hydrogens is 394 g/mol. The van der Waals surface area contributed by atoms with Crippen molar-refractivity contribution in [3.8, 4) is 6.07 Å². The molecule has 0 aromatic carbocycles. The van der Waals surface area contributed by atoms with E-state index in [1.807, 2.05) is 6.92 Å². The number of fused-ring (bicyclic) bond motifs is 2. The molecule has 0 saturated heterocycles. The Morgan fingerprint density at radius 2 is 2.00 bits per heavy atom. The van der Waals surface area contributed by atoms with E-state index in [-0.39, 0.29) is 24.4 Å². The molecule has 164 valence electrons. The number of hydrogen-bond donors (Lipinski definition) is 0. The van der Waals surface area contributed by atoms with Gasteiger partial charge in [-0.05, 0) is 63.6 Å². The van der Waals surface area contributed by atoms with Crippen molar-refractivity contribution in [3.05, 3.63) is 0 Å². The highest BCUT2D eigenvalue weighted by Gasteiger charge is 2.64. The molecule has 5 nitrogen and oxygen atoms in total. The lowest BCUT2D eigenvalue weighted by molar-refractivity contribution is -0.155. The summed E-state index contributed by atoms with van der Waals surface area (Å²) in [5.74, 6) is -4.00. The molecule has 3 aliphatic carbocycles. The molecule has 0 amide bonds. The summed E-state index contributed by atoms with van der Waals surface area (Å²) in [6, 6.07) is -0.222. The van der Waals surface area contributed by atoms with E-state index in [9.17, 15) is 13.6 Å². The number of halogens is 2. The third-order valence-corrected chi connectivity index (χ3v) is 7.47. The second kappa shape index (κ2) is 8.07. The first kappa shape index (κ1) is 23.9. The summed E-state index contributed by atoms with van der Waals surface area (Å²) < 4.78 is 41.2. The second-order valence-electron chi connectivity index (χ2n) is 9.98. The van der Waals surface area contributed by atoms with Crippen LogP contribution in [0.2, 0.25) is 19.6 Å². The van der Waals surface area contributed by atoms with E-state index >= 15 is 0 Å². The van der Waals surface area contributed by atoms with Crippen LogP contribution in [0.15, 0.2) is 4.99 Å². The zero-order valence-electron chi connectivity index (χ0n) is 18.6. The highest BCUT2D eigenvalue weighted by molar-refractivity contribution is 6.70. The standard InChI is InChI=1S/C21H34F2N2O3Si/c1-8-27-18(26)17(21(22,23)10-9-11-24)25-16-13-14-12-15(19(14,2)3)20(16,4)28-29(5,6)7/h14-15,17H,8-10,12-13H2,1-7H3/t14-,15-,17-,20-/m0/s1. The predicted octanol–water partition coefficient (Wildman–Crippen LogP) is 4.97. The molecule has 0 heterocycles. The predicted molar refractivity (Wildman–Crippen MR) is 110 cm³/mol. The van der Waals surface area contributed by atoms with Crippen molar-refractivity contribution in [1.29, 1.82) is 5.26 Å². The van der Waals surface area contributed by atoms with Crippen molar-refractivity contribution in [1.82, 2.24) is 0 Å². The number of ether oxygens (including phenoxy) is 1. The number of carbonyl (C=O) groups excluding carboxylic acids is 1. The first-order chi connectivity index (χ1) is 13.2. The Morgan fingerprint density at radius 3 is 2.48 bits per heavy atom. The molecule has 2 bridgehead atoms. The number of aliphatic imine (C=N–C) groups is 1. The summed E-state index contributed by atoms with van der Waals surface area (Å²) in [4.78, 5) is 16.8. The minimum atomic E-state index is -3.45. The average molecular weight is 429 g/mol. The highest BCUT2D eigenvalue weighted by Crippen LogP contribution is 2.63. The van der Waals surface area contributed by atoms with E-state index in [4.69, 9.17) is 14.4 Å². The van der Waals surface area contributed by atoms with Gasteiger partial charge < -0.3 is 9.16 Å². The van der Waals surface area contributed by atoms with Gasteiger partial charge in [0.2, 0.25) is 6.04 Å². The quantitative estimate of drug-likeness (QED) is 0.404. The Hall–Kier alpha value is -1.33. The second-order valence-corrected chi connectivity index (χ2v) is 14.4. The van der Waals surface area contributed by atoms with Crippen LogP contribution in [0, 0.1) is 28.6 Å². The molecule has 3 fully saturated rings. The van der Waals surface area contributed by atoms with E-state index in [1.54, 1.807) is 13.0 Å². The van der Waals surface area contributed by atoms with E-state index in [0.29, 0.717) is 18.1 Å². The Balaban J connectivity index is 2.49. The lowest BCUT2D eigenvalue weighted by atomic mass is 9.44. The molecule has 0 spiro atoms. The molecule has 3 rings (SSSR count). The van der Waals surface area contributed by atoms with Crippen LogP contribution in [0.3, 0.4) is 0 Å². The van der Waals surface area contributed by atoms with Crippen molar-refractivity contribution in [3.63, 3.8) is 0 Å². The summed E-state index contributed by atoms with van der Waals surface area (Å²) >= 11 is 0. The van der Waals surface area contributed by atoms with Crippen molar-refractivity contribution < 1.29 is 22.7 Å². The van der Waals surface area contributed by atoms with Gasteiger partial charge in [-0.1, -0.05) is 13.8 Å². The van der Waals surface area contributed by atoms with Gasteiger partial charge in [0.05, 0.1) is 18.3 Å². The maximum absolute atomic E-state index is 14.9. The van der Waals surface area contributed by atoms with E-state index in [0.717, 1.165) is 6.42 Å². The number of nitrogens with zero attached hydrogens (tertiary/aromatic N) is 2. The van der Waals surface area contributed by atoms with Crippen molar-refractivity contribution >= 4 is 20.0 Å². The van der Waals surface area contributed by atoms with Crippen molar-refractivity contribution in [2.45, 2.75) is 90.6 Å². The highest BCUT2D eigenvalue weighted by atomic mass is 28.4. The maximum atomic E-state index is 14.9. The molecule has 3 saturated carbocycles.